The lowest BCUT2D eigenvalue weighted by Gasteiger charge is -2.26. The lowest BCUT2D eigenvalue weighted by atomic mass is 9.87. The number of hydrogen-bond donors (Lipinski definition) is 3. The van der Waals surface area contributed by atoms with Crippen LogP contribution in [0.2, 0.25) is 0 Å². The number of anilines is 1. The van der Waals surface area contributed by atoms with Crippen molar-refractivity contribution < 1.29 is 4.79 Å². The van der Waals surface area contributed by atoms with Crippen LogP contribution in [-0.2, 0) is 12.8 Å². The number of carbonyl (C=O) groups excluding carboxylic acids is 1. The number of rotatable bonds is 3. The van der Waals surface area contributed by atoms with Gasteiger partial charge < -0.3 is 11.1 Å². The fourth-order valence-corrected chi connectivity index (χ4v) is 2.88. The zero-order valence-corrected chi connectivity index (χ0v) is 12.1. The SMILES string of the molecule is CCc1cc(C(=O)NC2CCCc3cc(N)ccc32)n[nH]1. The number of amides is 1. The van der Waals surface area contributed by atoms with Crippen molar-refractivity contribution in [3.8, 4) is 0 Å². The van der Waals surface area contributed by atoms with E-state index in [1.54, 1.807) is 0 Å². The molecule has 1 unspecified atom stereocenters. The van der Waals surface area contributed by atoms with E-state index in [0.29, 0.717) is 5.69 Å². The third kappa shape index (κ3) is 2.77. The van der Waals surface area contributed by atoms with Crippen molar-refractivity contribution in [2.75, 3.05) is 5.73 Å². The first-order valence-electron chi connectivity index (χ1n) is 7.41. The smallest absolute Gasteiger partial charge is 0.272 e. The number of carbonyl (C=O) groups is 1. The highest BCUT2D eigenvalue weighted by Gasteiger charge is 2.23. The first-order valence-corrected chi connectivity index (χ1v) is 7.41. The van der Waals surface area contributed by atoms with Crippen LogP contribution in [-0.4, -0.2) is 16.1 Å². The zero-order valence-electron chi connectivity index (χ0n) is 12.1. The second kappa shape index (κ2) is 5.60. The minimum atomic E-state index is -0.124. The van der Waals surface area contributed by atoms with Crippen LogP contribution in [0, 0.1) is 0 Å². The molecule has 0 bridgehead atoms. The third-order valence-electron chi connectivity index (χ3n) is 4.03. The van der Waals surface area contributed by atoms with E-state index < -0.39 is 0 Å². The van der Waals surface area contributed by atoms with Crippen molar-refractivity contribution in [3.63, 3.8) is 0 Å². The Morgan fingerprint density at radius 1 is 1.48 bits per heavy atom. The molecule has 21 heavy (non-hydrogen) atoms. The molecule has 1 amide bonds. The van der Waals surface area contributed by atoms with Gasteiger partial charge in [0.2, 0.25) is 0 Å². The predicted octanol–water partition coefficient (Wildman–Crippen LogP) is 2.36. The minimum Gasteiger partial charge on any atom is -0.399 e. The molecule has 0 saturated heterocycles. The van der Waals surface area contributed by atoms with Crippen molar-refractivity contribution in [3.05, 3.63) is 46.8 Å². The van der Waals surface area contributed by atoms with Crippen molar-refractivity contribution >= 4 is 11.6 Å². The Balaban J connectivity index is 1.78. The number of fused-ring (bicyclic) bond motifs is 1. The van der Waals surface area contributed by atoms with Crippen molar-refractivity contribution in [1.29, 1.82) is 0 Å². The maximum atomic E-state index is 12.3. The second-order valence-electron chi connectivity index (χ2n) is 5.51. The van der Waals surface area contributed by atoms with Crippen LogP contribution in [0.3, 0.4) is 0 Å². The Morgan fingerprint density at radius 3 is 3.10 bits per heavy atom. The number of aromatic nitrogens is 2. The molecule has 1 aliphatic rings. The molecule has 0 spiro atoms. The number of nitrogen functional groups attached to an aromatic ring is 1. The number of H-pyrrole nitrogens is 1. The van der Waals surface area contributed by atoms with Crippen LogP contribution in [0.5, 0.6) is 0 Å². The molecule has 1 aliphatic carbocycles. The van der Waals surface area contributed by atoms with Gasteiger partial charge in [-0.3, -0.25) is 9.89 Å². The molecule has 1 heterocycles. The van der Waals surface area contributed by atoms with Crippen molar-refractivity contribution in [2.24, 2.45) is 0 Å². The molecular formula is C16H20N4O. The van der Waals surface area contributed by atoms with Gasteiger partial charge in [-0.1, -0.05) is 13.0 Å². The Bertz CT molecular complexity index is 662. The van der Waals surface area contributed by atoms with Gasteiger partial charge in [0, 0.05) is 11.4 Å². The van der Waals surface area contributed by atoms with Gasteiger partial charge in [-0.25, -0.2) is 0 Å². The highest BCUT2D eigenvalue weighted by molar-refractivity contribution is 5.92. The van der Waals surface area contributed by atoms with Gasteiger partial charge in [0.1, 0.15) is 5.69 Å². The largest absolute Gasteiger partial charge is 0.399 e. The van der Waals surface area contributed by atoms with Gasteiger partial charge in [-0.05, 0) is 55.0 Å². The van der Waals surface area contributed by atoms with Gasteiger partial charge in [0.15, 0.2) is 0 Å². The topological polar surface area (TPSA) is 83.8 Å². The van der Waals surface area contributed by atoms with Crippen LogP contribution in [0.15, 0.2) is 24.3 Å². The summed E-state index contributed by atoms with van der Waals surface area (Å²) in [5.74, 6) is -0.124. The van der Waals surface area contributed by atoms with E-state index in [0.717, 1.165) is 37.1 Å². The number of aromatic amines is 1. The number of aryl methyl sites for hydroxylation is 2. The lowest BCUT2D eigenvalue weighted by Crippen LogP contribution is -2.31. The van der Waals surface area contributed by atoms with Gasteiger partial charge >= 0.3 is 0 Å². The van der Waals surface area contributed by atoms with Gasteiger partial charge in [0.25, 0.3) is 5.91 Å². The summed E-state index contributed by atoms with van der Waals surface area (Å²) >= 11 is 0. The maximum absolute atomic E-state index is 12.3. The average Bonchev–Trinajstić information content (AvgIpc) is 2.96. The number of benzene rings is 1. The summed E-state index contributed by atoms with van der Waals surface area (Å²) in [4.78, 5) is 12.3. The Hall–Kier alpha value is -2.30. The molecule has 5 heteroatoms. The van der Waals surface area contributed by atoms with Crippen LogP contribution >= 0.6 is 0 Å². The summed E-state index contributed by atoms with van der Waals surface area (Å²) in [5, 5.41) is 10.0. The quantitative estimate of drug-likeness (QED) is 0.756. The summed E-state index contributed by atoms with van der Waals surface area (Å²) < 4.78 is 0. The standard InChI is InChI=1S/C16H20N4O/c1-2-12-9-15(20-19-12)16(21)18-14-5-3-4-10-8-11(17)6-7-13(10)14/h6-9,14H,2-5,17H2,1H3,(H,18,21)(H,19,20). The van der Waals surface area contributed by atoms with Crippen molar-refractivity contribution in [2.45, 2.75) is 38.6 Å². The fourth-order valence-electron chi connectivity index (χ4n) is 2.88. The molecule has 1 atom stereocenters. The van der Waals surface area contributed by atoms with Crippen LogP contribution in [0.25, 0.3) is 0 Å². The number of nitrogens with one attached hydrogen (secondary N) is 2. The Labute approximate surface area is 123 Å². The number of nitrogens with zero attached hydrogens (tertiary/aromatic N) is 1. The molecule has 1 aromatic carbocycles. The molecule has 5 nitrogen and oxygen atoms in total. The first-order chi connectivity index (χ1) is 10.2. The van der Waals surface area contributed by atoms with E-state index in [9.17, 15) is 4.79 Å². The molecule has 4 N–H and O–H groups in total. The van der Waals surface area contributed by atoms with Crippen LogP contribution in [0.1, 0.15) is 53.1 Å². The second-order valence-corrected chi connectivity index (χ2v) is 5.51. The zero-order chi connectivity index (χ0) is 14.8. The molecule has 1 aromatic heterocycles. The highest BCUT2D eigenvalue weighted by Crippen LogP contribution is 2.31. The molecular weight excluding hydrogens is 264 g/mol. The molecule has 0 saturated carbocycles. The van der Waals surface area contributed by atoms with Crippen LogP contribution < -0.4 is 11.1 Å². The first kappa shape index (κ1) is 13.7. The van der Waals surface area contributed by atoms with Gasteiger partial charge in [-0.15, -0.1) is 0 Å². The van der Waals surface area contributed by atoms with Gasteiger partial charge in [0.05, 0.1) is 6.04 Å². The molecule has 3 rings (SSSR count). The highest BCUT2D eigenvalue weighted by atomic mass is 16.2. The molecule has 0 aliphatic heterocycles. The summed E-state index contributed by atoms with van der Waals surface area (Å²) in [6, 6.07) is 7.78. The van der Waals surface area contributed by atoms with E-state index in [-0.39, 0.29) is 11.9 Å². The predicted molar refractivity (Wildman–Crippen MR) is 82.0 cm³/mol. The van der Waals surface area contributed by atoms with Gasteiger partial charge in [-0.2, -0.15) is 5.10 Å². The van der Waals surface area contributed by atoms with Crippen LogP contribution in [0.4, 0.5) is 5.69 Å². The molecule has 0 fully saturated rings. The summed E-state index contributed by atoms with van der Waals surface area (Å²) in [6.07, 6.45) is 3.87. The van der Waals surface area contributed by atoms with E-state index in [4.69, 9.17) is 5.73 Å². The van der Waals surface area contributed by atoms with E-state index in [2.05, 4.69) is 15.5 Å². The van der Waals surface area contributed by atoms with Crippen molar-refractivity contribution in [1.82, 2.24) is 15.5 Å². The fraction of sp³-hybridized carbons (Fsp3) is 0.375. The number of hydrogen-bond acceptors (Lipinski definition) is 3. The summed E-state index contributed by atoms with van der Waals surface area (Å²) in [6.45, 7) is 2.02. The van der Waals surface area contributed by atoms with E-state index in [1.165, 1.54) is 11.1 Å². The average molecular weight is 284 g/mol. The van der Waals surface area contributed by atoms with E-state index >= 15 is 0 Å². The maximum Gasteiger partial charge on any atom is 0.272 e. The Kier molecular flexibility index (Phi) is 3.64. The lowest BCUT2D eigenvalue weighted by molar-refractivity contribution is 0.0927. The summed E-state index contributed by atoms with van der Waals surface area (Å²) in [5.41, 5.74) is 10.5. The van der Waals surface area contributed by atoms with E-state index in [1.807, 2.05) is 31.2 Å². The minimum absolute atomic E-state index is 0.0450. The number of nitrogens with two attached hydrogens (primary N) is 1. The summed E-state index contributed by atoms with van der Waals surface area (Å²) in [7, 11) is 0. The molecule has 0 radical (unpaired) electrons. The monoisotopic (exact) mass is 284 g/mol. The Morgan fingerprint density at radius 2 is 2.33 bits per heavy atom. The normalized spacial score (nSPS) is 17.3. The molecule has 110 valence electrons. The molecule has 2 aromatic rings. The third-order valence-corrected chi connectivity index (χ3v) is 4.03.